The van der Waals surface area contributed by atoms with E-state index in [2.05, 4.69) is 20.7 Å². The van der Waals surface area contributed by atoms with Gasteiger partial charge in [-0.05, 0) is 22.1 Å². The quantitative estimate of drug-likeness (QED) is 0.158. The number of hydrogen-bond donors (Lipinski definition) is 2. The summed E-state index contributed by atoms with van der Waals surface area (Å²) >= 11 is 2.56. The van der Waals surface area contributed by atoms with Gasteiger partial charge >= 0.3 is 29.6 Å². The van der Waals surface area contributed by atoms with E-state index in [1.54, 1.807) is 16.8 Å². The van der Waals surface area contributed by atoms with Crippen LogP contribution in [-0.4, -0.2) is 71.3 Å². The maximum Gasteiger partial charge on any atom is 1.00 e. The smallest absolute Gasteiger partial charge is 0.611 e. The molecule has 158 valence electrons. The zero-order valence-electron chi connectivity index (χ0n) is 16.1. The molecule has 4 heterocycles. The maximum absolute atomic E-state index is 12.6. The molecule has 2 aromatic heterocycles. The van der Waals surface area contributed by atoms with Crippen molar-refractivity contribution in [2.75, 3.05) is 17.3 Å². The molecule has 31 heavy (non-hydrogen) atoms. The topological polar surface area (TPSA) is 154 Å². The number of hydrogen-bond acceptors (Lipinski definition) is 10. The molecule has 4 rings (SSSR count). The van der Waals surface area contributed by atoms with Crippen molar-refractivity contribution in [1.82, 2.24) is 25.6 Å². The molecule has 10 nitrogen and oxygen atoms in total. The zero-order valence-corrected chi connectivity index (χ0v) is 21.4. The molecular weight excluding hydrogens is 493 g/mol. The van der Waals surface area contributed by atoms with E-state index < -0.39 is 40.4 Å². The Labute approximate surface area is 214 Å². The van der Waals surface area contributed by atoms with Crippen LogP contribution in [0.5, 0.6) is 0 Å². The monoisotopic (exact) mass is 507 g/mol. The normalized spacial score (nSPS) is 21.1. The summed E-state index contributed by atoms with van der Waals surface area (Å²) in [5, 5.41) is 27.8. The summed E-state index contributed by atoms with van der Waals surface area (Å²) in [5.41, 5.74) is 0.392. The number of aromatic nitrogens is 3. The first-order valence-corrected chi connectivity index (χ1v) is 12.8. The second-order valence-corrected chi connectivity index (χ2v) is 10.6. The first-order chi connectivity index (χ1) is 14.5. The number of nitrogens with one attached hydrogen (secondary N) is 2. The van der Waals surface area contributed by atoms with Gasteiger partial charge in [-0.2, -0.15) is 0 Å². The first-order valence-electron chi connectivity index (χ1n) is 8.52. The van der Waals surface area contributed by atoms with Gasteiger partial charge in [0.1, 0.15) is 16.4 Å². The Hall–Kier alpha value is -1.000. The Bertz CT molecular complexity index is 987. The number of thiophene rings is 1. The maximum atomic E-state index is 12.6. The summed E-state index contributed by atoms with van der Waals surface area (Å²) in [6, 6.07) is 0.819. The Morgan fingerprint density at radius 3 is 2.90 bits per heavy atom. The van der Waals surface area contributed by atoms with Crippen molar-refractivity contribution in [2.24, 2.45) is 0 Å². The number of fused-ring (bicyclic) bond motifs is 1. The van der Waals surface area contributed by atoms with Gasteiger partial charge in [-0.1, -0.05) is 5.21 Å². The third kappa shape index (κ3) is 5.33. The number of carbonyl (C=O) groups excluding carboxylic acids is 3. The number of β-lactam (4-membered cyclic amide) rings is 1. The van der Waals surface area contributed by atoms with Gasteiger partial charge in [0.05, 0.1) is 17.9 Å². The fraction of sp³-hybridized carbons (Fsp3) is 0.312. The van der Waals surface area contributed by atoms with Crippen LogP contribution in [0.3, 0.4) is 0 Å². The fourth-order valence-corrected chi connectivity index (χ4v) is 7.18. The van der Waals surface area contributed by atoms with Crippen LogP contribution in [-0.2, 0) is 25.6 Å². The number of nitrogens with zero attached hydrogens (tertiary/aromatic N) is 3. The molecule has 0 radical (unpaired) electrons. The SMILES string of the molecule is O=C(C[S+]([O-])c1ccsc1)NC1C(=O)N2C(C(=O)[O-])=C(CSc3cnn[nH]3)CS[C@@H]12.[Na+]. The van der Waals surface area contributed by atoms with Gasteiger partial charge in [0.25, 0.3) is 11.8 Å². The third-order valence-electron chi connectivity index (χ3n) is 4.37. The van der Waals surface area contributed by atoms with E-state index in [1.165, 1.54) is 41.1 Å². The number of carboxylic acid groups (broad SMARTS) is 1. The number of rotatable bonds is 8. The van der Waals surface area contributed by atoms with Crippen LogP contribution < -0.4 is 40.0 Å². The molecule has 0 spiro atoms. The van der Waals surface area contributed by atoms with Gasteiger partial charge in [-0.15, -0.1) is 40.0 Å². The molecule has 2 N–H and O–H groups in total. The molecule has 1 fully saturated rings. The van der Waals surface area contributed by atoms with Crippen LogP contribution in [0.15, 0.2) is 44.2 Å². The van der Waals surface area contributed by atoms with Gasteiger partial charge in [0.2, 0.25) is 0 Å². The van der Waals surface area contributed by atoms with E-state index in [-0.39, 0.29) is 41.0 Å². The van der Waals surface area contributed by atoms with Gasteiger partial charge in [0, 0.05) is 23.0 Å². The molecule has 15 heteroatoms. The minimum Gasteiger partial charge on any atom is -0.611 e. The van der Waals surface area contributed by atoms with Gasteiger partial charge in [0.15, 0.2) is 10.6 Å². The van der Waals surface area contributed by atoms with E-state index in [9.17, 15) is 24.0 Å². The molecule has 2 unspecified atom stereocenters. The third-order valence-corrected chi connectivity index (χ3v) is 8.85. The molecule has 0 bridgehead atoms. The predicted molar refractivity (Wildman–Crippen MR) is 110 cm³/mol. The van der Waals surface area contributed by atoms with Crippen molar-refractivity contribution < 1.29 is 53.6 Å². The molecule has 2 aliphatic rings. The molecule has 0 aliphatic carbocycles. The van der Waals surface area contributed by atoms with Crippen LogP contribution in [0.25, 0.3) is 0 Å². The van der Waals surface area contributed by atoms with Gasteiger partial charge in [-0.25, -0.2) is 0 Å². The Morgan fingerprint density at radius 2 is 2.26 bits per heavy atom. The summed E-state index contributed by atoms with van der Waals surface area (Å²) in [7, 11) is 0. The van der Waals surface area contributed by atoms with Crippen LogP contribution in [0.1, 0.15) is 0 Å². The number of H-pyrrole nitrogens is 1. The average Bonchev–Trinajstić information content (AvgIpc) is 3.43. The van der Waals surface area contributed by atoms with Crippen molar-refractivity contribution in [3.8, 4) is 0 Å². The standard InChI is InChI=1S/C16H15N5O5S4.Na/c22-10(7-30(26)9-1-2-27-6-9)18-12-14(23)21-13(16(24)25)8(5-29-15(12)21)4-28-11-3-17-20-19-11;/h1-3,6,12,15H,4-5,7H2,(H,18,22)(H,24,25)(H,17,19,20);/q;+1/p-1/t12?,15-,30?;/m0./s1. The van der Waals surface area contributed by atoms with E-state index in [0.29, 0.717) is 27.0 Å². The summed E-state index contributed by atoms with van der Waals surface area (Å²) in [5.74, 6) is -2.04. The summed E-state index contributed by atoms with van der Waals surface area (Å²) in [6.45, 7) is 0. The largest absolute Gasteiger partial charge is 1.00 e. The second kappa shape index (κ2) is 10.7. The van der Waals surface area contributed by atoms with E-state index in [1.807, 2.05) is 0 Å². The Balaban J connectivity index is 0.00000272. The second-order valence-electron chi connectivity index (χ2n) is 6.25. The Kier molecular flexibility index (Phi) is 8.54. The molecule has 2 amide bonds. The molecule has 2 aromatic rings. The fourth-order valence-electron chi connectivity index (χ4n) is 3.00. The van der Waals surface area contributed by atoms with Crippen LogP contribution in [0.4, 0.5) is 0 Å². The minimum absolute atomic E-state index is 0. The van der Waals surface area contributed by atoms with Crippen molar-refractivity contribution in [3.63, 3.8) is 0 Å². The molecule has 0 aromatic carbocycles. The van der Waals surface area contributed by atoms with Crippen LogP contribution in [0.2, 0.25) is 0 Å². The summed E-state index contributed by atoms with van der Waals surface area (Å²) in [6.07, 6.45) is 1.52. The van der Waals surface area contributed by atoms with Crippen molar-refractivity contribution in [3.05, 3.63) is 34.3 Å². The number of thioether (sulfide) groups is 2. The predicted octanol–water partition coefficient (Wildman–Crippen LogP) is -3.83. The number of carboxylic acids is 1. The van der Waals surface area contributed by atoms with Crippen molar-refractivity contribution >= 4 is 63.8 Å². The molecule has 1 saturated heterocycles. The van der Waals surface area contributed by atoms with Crippen molar-refractivity contribution in [1.29, 1.82) is 0 Å². The molecule has 2 aliphatic heterocycles. The van der Waals surface area contributed by atoms with E-state index >= 15 is 0 Å². The minimum atomic E-state index is -1.50. The average molecular weight is 508 g/mol. The molecule has 3 atom stereocenters. The van der Waals surface area contributed by atoms with Crippen molar-refractivity contribution in [2.45, 2.75) is 21.3 Å². The molecular formula is C16H14N5NaO5S4. The number of aromatic amines is 1. The zero-order chi connectivity index (χ0) is 21.3. The van der Waals surface area contributed by atoms with Crippen LogP contribution >= 0.6 is 34.9 Å². The number of carbonyl (C=O) groups is 3. The van der Waals surface area contributed by atoms with E-state index in [4.69, 9.17) is 0 Å². The molecule has 0 saturated carbocycles. The van der Waals surface area contributed by atoms with Crippen LogP contribution in [0, 0.1) is 0 Å². The van der Waals surface area contributed by atoms with Gasteiger partial charge in [-0.3, -0.25) is 19.6 Å². The Morgan fingerprint density at radius 1 is 1.45 bits per heavy atom. The number of aliphatic carboxylic acids is 1. The van der Waals surface area contributed by atoms with Gasteiger partial charge < -0.3 is 19.8 Å². The van der Waals surface area contributed by atoms with E-state index in [0.717, 1.165) is 4.90 Å². The summed E-state index contributed by atoms with van der Waals surface area (Å²) in [4.78, 5) is 38.3. The number of amides is 2. The first kappa shape index (κ1) is 24.6. The summed E-state index contributed by atoms with van der Waals surface area (Å²) < 4.78 is 12.2.